The lowest BCUT2D eigenvalue weighted by atomic mass is 10.2. The van der Waals surface area contributed by atoms with E-state index >= 15 is 0 Å². The van der Waals surface area contributed by atoms with E-state index in [0.717, 1.165) is 30.5 Å². The molecule has 1 aromatic heterocycles. The molecule has 1 fully saturated rings. The molecule has 2 heterocycles. The van der Waals surface area contributed by atoms with Crippen molar-refractivity contribution in [1.29, 1.82) is 0 Å². The lowest BCUT2D eigenvalue weighted by Crippen LogP contribution is -2.46. The first-order chi connectivity index (χ1) is 8.60. The molecule has 0 radical (unpaired) electrons. The van der Waals surface area contributed by atoms with Gasteiger partial charge in [-0.15, -0.1) is 0 Å². The summed E-state index contributed by atoms with van der Waals surface area (Å²) in [5, 5.41) is 0. The zero-order valence-corrected chi connectivity index (χ0v) is 11.3. The molecule has 0 saturated carbocycles. The zero-order chi connectivity index (χ0) is 13.1. The highest BCUT2D eigenvalue weighted by molar-refractivity contribution is 5.50. The predicted octanol–water partition coefficient (Wildman–Crippen LogP) is 0.0149. The van der Waals surface area contributed by atoms with Crippen molar-refractivity contribution in [3.8, 4) is 0 Å². The number of anilines is 2. The van der Waals surface area contributed by atoms with Crippen LogP contribution in [0, 0.1) is 6.92 Å². The molecule has 6 heteroatoms. The number of ether oxygens (including phenoxy) is 1. The summed E-state index contributed by atoms with van der Waals surface area (Å²) in [6.45, 7) is 4.79. The standard InChI is InChI=1S/C12H21N5O/c1-9-14-11(16(2)3)6-12(15-9)17-4-5-18-10(7-13)8-17/h6,10H,4-5,7-8,13H2,1-3H3. The molecule has 2 rings (SSSR count). The number of nitrogens with zero attached hydrogens (tertiary/aromatic N) is 4. The van der Waals surface area contributed by atoms with E-state index in [-0.39, 0.29) is 6.10 Å². The van der Waals surface area contributed by atoms with Crippen LogP contribution in [0.2, 0.25) is 0 Å². The van der Waals surface area contributed by atoms with E-state index in [4.69, 9.17) is 10.5 Å². The summed E-state index contributed by atoms with van der Waals surface area (Å²) in [5.41, 5.74) is 5.66. The van der Waals surface area contributed by atoms with Gasteiger partial charge in [-0.25, -0.2) is 9.97 Å². The van der Waals surface area contributed by atoms with Crippen LogP contribution in [0.1, 0.15) is 5.82 Å². The maximum atomic E-state index is 5.66. The summed E-state index contributed by atoms with van der Waals surface area (Å²) in [7, 11) is 3.96. The fourth-order valence-electron chi connectivity index (χ4n) is 2.00. The molecule has 0 bridgehead atoms. The van der Waals surface area contributed by atoms with Gasteiger partial charge in [-0.05, 0) is 6.92 Å². The van der Waals surface area contributed by atoms with Crippen molar-refractivity contribution in [2.24, 2.45) is 5.73 Å². The van der Waals surface area contributed by atoms with E-state index < -0.39 is 0 Å². The zero-order valence-electron chi connectivity index (χ0n) is 11.3. The van der Waals surface area contributed by atoms with Crippen LogP contribution in [0.15, 0.2) is 6.07 Å². The van der Waals surface area contributed by atoms with E-state index in [2.05, 4.69) is 14.9 Å². The molecule has 1 saturated heterocycles. The molecule has 1 unspecified atom stereocenters. The van der Waals surface area contributed by atoms with Crippen molar-refractivity contribution in [3.63, 3.8) is 0 Å². The van der Waals surface area contributed by atoms with Gasteiger partial charge in [-0.3, -0.25) is 0 Å². The Hall–Kier alpha value is -1.40. The monoisotopic (exact) mass is 251 g/mol. The molecular formula is C12H21N5O. The molecule has 0 aromatic carbocycles. The molecule has 1 aliphatic rings. The van der Waals surface area contributed by atoms with E-state index in [0.29, 0.717) is 13.2 Å². The van der Waals surface area contributed by atoms with Gasteiger partial charge in [-0.2, -0.15) is 0 Å². The predicted molar refractivity (Wildman–Crippen MR) is 72.1 cm³/mol. The average Bonchev–Trinajstić information content (AvgIpc) is 2.38. The van der Waals surface area contributed by atoms with E-state index in [1.54, 1.807) is 0 Å². The van der Waals surface area contributed by atoms with Crippen molar-refractivity contribution >= 4 is 11.6 Å². The largest absolute Gasteiger partial charge is 0.373 e. The number of nitrogens with two attached hydrogens (primary N) is 1. The number of rotatable bonds is 3. The van der Waals surface area contributed by atoms with Crippen LogP contribution < -0.4 is 15.5 Å². The Morgan fingerprint density at radius 1 is 1.50 bits per heavy atom. The van der Waals surface area contributed by atoms with Crippen molar-refractivity contribution < 1.29 is 4.74 Å². The second-order valence-electron chi connectivity index (χ2n) is 4.70. The summed E-state index contributed by atoms with van der Waals surface area (Å²) in [6.07, 6.45) is 0.0943. The number of hydrogen-bond donors (Lipinski definition) is 1. The van der Waals surface area contributed by atoms with Crippen LogP contribution in [-0.4, -0.2) is 56.4 Å². The number of aryl methyl sites for hydroxylation is 1. The molecule has 0 aliphatic carbocycles. The molecule has 1 aromatic rings. The Morgan fingerprint density at radius 2 is 2.28 bits per heavy atom. The van der Waals surface area contributed by atoms with Gasteiger partial charge in [0.05, 0.1) is 12.7 Å². The number of aromatic nitrogens is 2. The van der Waals surface area contributed by atoms with Crippen LogP contribution in [0.25, 0.3) is 0 Å². The number of morpholine rings is 1. The highest BCUT2D eigenvalue weighted by Crippen LogP contribution is 2.19. The van der Waals surface area contributed by atoms with Gasteiger partial charge < -0.3 is 20.3 Å². The Balaban J connectivity index is 2.21. The molecule has 1 aliphatic heterocycles. The van der Waals surface area contributed by atoms with Crippen LogP contribution >= 0.6 is 0 Å². The lowest BCUT2D eigenvalue weighted by Gasteiger charge is -2.33. The highest BCUT2D eigenvalue weighted by Gasteiger charge is 2.21. The molecule has 18 heavy (non-hydrogen) atoms. The first-order valence-corrected chi connectivity index (χ1v) is 6.19. The Labute approximate surface area is 108 Å². The summed E-state index contributed by atoms with van der Waals surface area (Å²) in [4.78, 5) is 13.1. The normalized spacial score (nSPS) is 20.0. The molecule has 0 amide bonds. The summed E-state index contributed by atoms with van der Waals surface area (Å²) in [5.74, 6) is 2.66. The SMILES string of the molecule is Cc1nc(N(C)C)cc(N2CCOC(CN)C2)n1. The summed E-state index contributed by atoms with van der Waals surface area (Å²) in [6, 6.07) is 2.01. The molecule has 100 valence electrons. The topological polar surface area (TPSA) is 67.5 Å². The van der Waals surface area contributed by atoms with Crippen LogP contribution in [0.3, 0.4) is 0 Å². The molecular weight excluding hydrogens is 230 g/mol. The van der Waals surface area contributed by atoms with Gasteiger partial charge in [0.1, 0.15) is 17.5 Å². The van der Waals surface area contributed by atoms with Gasteiger partial charge in [0.25, 0.3) is 0 Å². The third kappa shape index (κ3) is 2.88. The second kappa shape index (κ2) is 5.49. The quantitative estimate of drug-likeness (QED) is 0.816. The van der Waals surface area contributed by atoms with Gasteiger partial charge in [0.15, 0.2) is 0 Å². The fourth-order valence-corrected chi connectivity index (χ4v) is 2.00. The molecule has 1 atom stereocenters. The van der Waals surface area contributed by atoms with Gasteiger partial charge >= 0.3 is 0 Å². The van der Waals surface area contributed by atoms with Gasteiger partial charge in [0, 0.05) is 39.8 Å². The number of hydrogen-bond acceptors (Lipinski definition) is 6. The van der Waals surface area contributed by atoms with E-state index in [9.17, 15) is 0 Å². The smallest absolute Gasteiger partial charge is 0.134 e. The van der Waals surface area contributed by atoms with E-state index in [1.807, 2.05) is 32.0 Å². The summed E-state index contributed by atoms with van der Waals surface area (Å²) < 4.78 is 5.57. The highest BCUT2D eigenvalue weighted by atomic mass is 16.5. The van der Waals surface area contributed by atoms with Crippen molar-refractivity contribution in [2.75, 3.05) is 50.1 Å². The van der Waals surface area contributed by atoms with Crippen molar-refractivity contribution in [1.82, 2.24) is 9.97 Å². The average molecular weight is 251 g/mol. The van der Waals surface area contributed by atoms with Crippen molar-refractivity contribution in [2.45, 2.75) is 13.0 Å². The lowest BCUT2D eigenvalue weighted by molar-refractivity contribution is 0.0463. The third-order valence-electron chi connectivity index (χ3n) is 2.99. The van der Waals surface area contributed by atoms with Crippen LogP contribution in [-0.2, 0) is 4.74 Å². The minimum atomic E-state index is 0.0943. The van der Waals surface area contributed by atoms with Crippen molar-refractivity contribution in [3.05, 3.63) is 11.9 Å². The Morgan fingerprint density at radius 3 is 2.94 bits per heavy atom. The summed E-state index contributed by atoms with van der Waals surface area (Å²) >= 11 is 0. The Bertz CT molecular complexity index is 409. The first kappa shape index (κ1) is 13.0. The van der Waals surface area contributed by atoms with Gasteiger partial charge in [0.2, 0.25) is 0 Å². The minimum absolute atomic E-state index is 0.0943. The molecule has 2 N–H and O–H groups in total. The Kier molecular flexibility index (Phi) is 3.98. The van der Waals surface area contributed by atoms with E-state index in [1.165, 1.54) is 0 Å². The molecule has 0 spiro atoms. The third-order valence-corrected chi connectivity index (χ3v) is 2.99. The van der Waals surface area contributed by atoms with Crippen LogP contribution in [0.5, 0.6) is 0 Å². The maximum absolute atomic E-state index is 5.66. The van der Waals surface area contributed by atoms with Crippen LogP contribution in [0.4, 0.5) is 11.6 Å². The fraction of sp³-hybridized carbons (Fsp3) is 0.667. The second-order valence-corrected chi connectivity index (χ2v) is 4.70. The minimum Gasteiger partial charge on any atom is -0.373 e. The van der Waals surface area contributed by atoms with Gasteiger partial charge in [-0.1, -0.05) is 0 Å². The first-order valence-electron chi connectivity index (χ1n) is 6.19. The molecule has 6 nitrogen and oxygen atoms in total. The maximum Gasteiger partial charge on any atom is 0.134 e.